The molecule has 1 N–H and O–H groups in total. The van der Waals surface area contributed by atoms with Crippen LogP contribution < -0.4 is 5.32 Å². The first-order valence-corrected chi connectivity index (χ1v) is 6.48. The molecule has 6 heteroatoms. The summed E-state index contributed by atoms with van der Waals surface area (Å²) < 4.78 is 6.53. The van der Waals surface area contributed by atoms with Gasteiger partial charge in [0.1, 0.15) is 11.9 Å². The molecule has 21 heavy (non-hydrogen) atoms. The third kappa shape index (κ3) is 4.17. The summed E-state index contributed by atoms with van der Waals surface area (Å²) in [5.41, 5.74) is 0.510. The van der Waals surface area contributed by atoms with Gasteiger partial charge in [0, 0.05) is 23.6 Å². The Hall–Kier alpha value is -2.63. The topological polar surface area (TPSA) is 73.2 Å². The lowest BCUT2D eigenvalue weighted by molar-refractivity contribution is 0.0636. The van der Waals surface area contributed by atoms with Gasteiger partial charge < -0.3 is 4.74 Å². The summed E-state index contributed by atoms with van der Waals surface area (Å²) in [4.78, 5) is 27.5. The van der Waals surface area contributed by atoms with Gasteiger partial charge in [-0.3, -0.25) is 14.7 Å². The largest absolute Gasteiger partial charge is 0.444 e. The van der Waals surface area contributed by atoms with Crippen LogP contribution in [0.2, 0.25) is 0 Å². The second kappa shape index (κ2) is 5.78. The number of imidazole rings is 1. The van der Waals surface area contributed by atoms with Gasteiger partial charge in [-0.05, 0) is 45.0 Å². The van der Waals surface area contributed by atoms with Crippen LogP contribution in [0.1, 0.15) is 31.1 Å². The van der Waals surface area contributed by atoms with Crippen molar-refractivity contribution < 1.29 is 14.3 Å². The summed E-state index contributed by atoms with van der Waals surface area (Å²) in [7, 11) is 0. The molecule has 0 bridgehead atoms. The number of nitrogens with zero attached hydrogens (tertiary/aromatic N) is 2. The molecule has 6 nitrogen and oxygen atoms in total. The Balaban J connectivity index is 2.02. The lowest BCUT2D eigenvalue weighted by Crippen LogP contribution is -2.27. The van der Waals surface area contributed by atoms with Crippen LogP contribution in [0.3, 0.4) is 0 Å². The Morgan fingerprint density at radius 2 is 1.86 bits per heavy atom. The standard InChI is InChI=1S/C15H17N3O3/c1-15(2,3)21-14(20)17-12-6-4-11(5-7-12)13(19)18-9-8-16-10-18/h4-10H,1-3H3,(H,17,20). The highest BCUT2D eigenvalue weighted by Gasteiger charge is 2.16. The normalized spacial score (nSPS) is 11.0. The van der Waals surface area contributed by atoms with Crippen molar-refractivity contribution in [3.05, 3.63) is 48.5 Å². The Labute approximate surface area is 122 Å². The fourth-order valence-corrected chi connectivity index (χ4v) is 1.65. The molecule has 0 saturated carbocycles. The molecule has 2 aromatic rings. The van der Waals surface area contributed by atoms with Crippen LogP contribution in [0.15, 0.2) is 43.0 Å². The zero-order chi connectivity index (χ0) is 15.5. The fraction of sp³-hybridized carbons (Fsp3) is 0.267. The number of hydrogen-bond acceptors (Lipinski definition) is 4. The van der Waals surface area contributed by atoms with Gasteiger partial charge in [0.05, 0.1) is 0 Å². The minimum atomic E-state index is -0.554. The first kappa shape index (κ1) is 14.8. The molecular formula is C15H17N3O3. The number of nitrogens with one attached hydrogen (secondary N) is 1. The quantitative estimate of drug-likeness (QED) is 0.921. The van der Waals surface area contributed by atoms with E-state index in [0.29, 0.717) is 11.3 Å². The SMILES string of the molecule is CC(C)(C)OC(=O)Nc1ccc(C(=O)n2ccnc2)cc1. The number of benzene rings is 1. The van der Waals surface area contributed by atoms with Crippen LogP contribution in [0, 0.1) is 0 Å². The summed E-state index contributed by atoms with van der Waals surface area (Å²) in [6.45, 7) is 5.37. The molecule has 0 unspecified atom stereocenters. The van der Waals surface area contributed by atoms with Crippen LogP contribution in [-0.4, -0.2) is 27.2 Å². The molecule has 0 fully saturated rings. The van der Waals surface area contributed by atoms with Crippen molar-refractivity contribution >= 4 is 17.7 Å². The minimum absolute atomic E-state index is 0.184. The van der Waals surface area contributed by atoms with Crippen molar-refractivity contribution in [1.82, 2.24) is 9.55 Å². The van der Waals surface area contributed by atoms with E-state index in [1.54, 1.807) is 51.2 Å². The number of carbonyl (C=O) groups is 2. The molecule has 1 aromatic carbocycles. The van der Waals surface area contributed by atoms with Gasteiger partial charge in [0.2, 0.25) is 0 Å². The highest BCUT2D eigenvalue weighted by atomic mass is 16.6. The second-order valence-corrected chi connectivity index (χ2v) is 5.48. The molecule has 110 valence electrons. The van der Waals surface area contributed by atoms with Gasteiger partial charge in [0.25, 0.3) is 5.91 Å². The number of carbonyl (C=O) groups excluding carboxylic acids is 2. The molecule has 0 spiro atoms. The van der Waals surface area contributed by atoms with E-state index in [4.69, 9.17) is 4.74 Å². The maximum atomic E-state index is 12.0. The molecule has 0 radical (unpaired) electrons. The zero-order valence-electron chi connectivity index (χ0n) is 12.2. The second-order valence-electron chi connectivity index (χ2n) is 5.48. The predicted molar refractivity (Wildman–Crippen MR) is 78.3 cm³/mol. The number of aromatic nitrogens is 2. The van der Waals surface area contributed by atoms with Crippen LogP contribution in [-0.2, 0) is 4.74 Å². The maximum Gasteiger partial charge on any atom is 0.412 e. The van der Waals surface area contributed by atoms with E-state index in [0.717, 1.165) is 0 Å². The molecule has 0 aliphatic carbocycles. The van der Waals surface area contributed by atoms with Crippen molar-refractivity contribution in [2.75, 3.05) is 5.32 Å². The number of hydrogen-bond donors (Lipinski definition) is 1. The van der Waals surface area contributed by atoms with Gasteiger partial charge in [-0.1, -0.05) is 0 Å². The average Bonchev–Trinajstić information content (AvgIpc) is 2.90. The van der Waals surface area contributed by atoms with Gasteiger partial charge in [-0.25, -0.2) is 9.78 Å². The van der Waals surface area contributed by atoms with Gasteiger partial charge in [0.15, 0.2) is 0 Å². The Morgan fingerprint density at radius 1 is 1.19 bits per heavy atom. The molecule has 1 aromatic heterocycles. The van der Waals surface area contributed by atoms with Crippen molar-refractivity contribution in [1.29, 1.82) is 0 Å². The number of amides is 1. The summed E-state index contributed by atoms with van der Waals surface area (Å²) in [6, 6.07) is 6.56. The van der Waals surface area contributed by atoms with E-state index in [-0.39, 0.29) is 5.91 Å². The molecule has 0 saturated heterocycles. The first-order chi connectivity index (χ1) is 9.85. The minimum Gasteiger partial charge on any atom is -0.444 e. The van der Waals surface area contributed by atoms with E-state index >= 15 is 0 Å². The van der Waals surface area contributed by atoms with Crippen LogP contribution >= 0.6 is 0 Å². The third-order valence-corrected chi connectivity index (χ3v) is 2.52. The zero-order valence-corrected chi connectivity index (χ0v) is 12.2. The van der Waals surface area contributed by atoms with Crippen molar-refractivity contribution in [2.24, 2.45) is 0 Å². The van der Waals surface area contributed by atoms with E-state index in [9.17, 15) is 9.59 Å². The molecule has 1 heterocycles. The Morgan fingerprint density at radius 3 is 2.38 bits per heavy atom. The predicted octanol–water partition coefficient (Wildman–Crippen LogP) is 2.92. The average molecular weight is 287 g/mol. The Kier molecular flexibility index (Phi) is 4.07. The summed E-state index contributed by atoms with van der Waals surface area (Å²) >= 11 is 0. The Bertz CT molecular complexity index is 625. The molecule has 1 amide bonds. The van der Waals surface area contributed by atoms with Crippen LogP contribution in [0.25, 0.3) is 0 Å². The van der Waals surface area contributed by atoms with Crippen molar-refractivity contribution in [3.8, 4) is 0 Å². The van der Waals surface area contributed by atoms with E-state index in [2.05, 4.69) is 10.3 Å². The number of rotatable bonds is 2. The molecule has 0 aliphatic heterocycles. The fourth-order valence-electron chi connectivity index (χ4n) is 1.65. The van der Waals surface area contributed by atoms with E-state index in [1.807, 2.05) is 0 Å². The molecule has 0 aliphatic rings. The molecule has 2 rings (SSSR count). The third-order valence-electron chi connectivity index (χ3n) is 2.52. The summed E-state index contributed by atoms with van der Waals surface area (Å²) in [5, 5.41) is 2.61. The van der Waals surface area contributed by atoms with Gasteiger partial charge >= 0.3 is 6.09 Å². The summed E-state index contributed by atoms with van der Waals surface area (Å²) in [6.07, 6.45) is 4.02. The number of anilines is 1. The maximum absolute atomic E-state index is 12.0. The lowest BCUT2D eigenvalue weighted by Gasteiger charge is -2.19. The van der Waals surface area contributed by atoms with Gasteiger partial charge in [-0.15, -0.1) is 0 Å². The summed E-state index contributed by atoms with van der Waals surface area (Å²) in [5.74, 6) is -0.184. The van der Waals surface area contributed by atoms with E-state index in [1.165, 1.54) is 17.1 Å². The van der Waals surface area contributed by atoms with Gasteiger partial charge in [-0.2, -0.15) is 0 Å². The van der Waals surface area contributed by atoms with Crippen LogP contribution in [0.4, 0.5) is 10.5 Å². The molecular weight excluding hydrogens is 270 g/mol. The van der Waals surface area contributed by atoms with E-state index < -0.39 is 11.7 Å². The highest BCUT2D eigenvalue weighted by Crippen LogP contribution is 2.13. The first-order valence-electron chi connectivity index (χ1n) is 6.48. The van der Waals surface area contributed by atoms with Crippen molar-refractivity contribution in [2.45, 2.75) is 26.4 Å². The smallest absolute Gasteiger partial charge is 0.412 e. The molecule has 0 atom stereocenters. The number of ether oxygens (including phenoxy) is 1. The monoisotopic (exact) mass is 287 g/mol. The van der Waals surface area contributed by atoms with Crippen molar-refractivity contribution in [3.63, 3.8) is 0 Å². The lowest BCUT2D eigenvalue weighted by atomic mass is 10.2. The van der Waals surface area contributed by atoms with Crippen LogP contribution in [0.5, 0.6) is 0 Å². The highest BCUT2D eigenvalue weighted by molar-refractivity contribution is 5.96.